The van der Waals surface area contributed by atoms with Crippen molar-refractivity contribution in [2.45, 2.75) is 38.6 Å². The van der Waals surface area contributed by atoms with E-state index >= 15 is 0 Å². The number of H-pyrrole nitrogens is 1. The van der Waals surface area contributed by atoms with Crippen LogP contribution >= 0.6 is 0 Å². The molecule has 1 unspecified atom stereocenters. The Morgan fingerprint density at radius 3 is 2.87 bits per heavy atom. The van der Waals surface area contributed by atoms with E-state index in [-0.39, 0.29) is 11.9 Å². The lowest BCUT2D eigenvalue weighted by molar-refractivity contribution is 0.0565. The number of aromatic amines is 1. The van der Waals surface area contributed by atoms with Crippen LogP contribution in [0.3, 0.4) is 0 Å². The van der Waals surface area contributed by atoms with Crippen LogP contribution in [-0.2, 0) is 6.42 Å². The monoisotopic (exact) mass is 399 g/mol. The Hall–Kier alpha value is -3.34. The molecule has 0 bridgehead atoms. The third-order valence-electron chi connectivity index (χ3n) is 5.95. The molecule has 1 fully saturated rings. The number of aromatic nitrogens is 2. The summed E-state index contributed by atoms with van der Waals surface area (Å²) in [5.74, 6) is 1.48. The van der Waals surface area contributed by atoms with Crippen molar-refractivity contribution >= 4 is 16.8 Å². The molecule has 5 rings (SSSR count). The van der Waals surface area contributed by atoms with Crippen molar-refractivity contribution in [1.29, 1.82) is 0 Å². The lowest BCUT2D eigenvalue weighted by Crippen LogP contribution is -2.38. The van der Waals surface area contributed by atoms with E-state index in [0.29, 0.717) is 24.6 Å². The highest BCUT2D eigenvalue weighted by Gasteiger charge is 2.32. The smallest absolute Gasteiger partial charge is 0.270 e. The summed E-state index contributed by atoms with van der Waals surface area (Å²) in [4.78, 5) is 23.2. The van der Waals surface area contributed by atoms with E-state index in [1.54, 1.807) is 6.20 Å². The molecule has 1 atom stereocenters. The molecule has 2 aromatic carbocycles. The third-order valence-corrected chi connectivity index (χ3v) is 5.95. The van der Waals surface area contributed by atoms with Gasteiger partial charge in [-0.25, -0.2) is 4.98 Å². The van der Waals surface area contributed by atoms with Gasteiger partial charge in [-0.3, -0.25) is 4.79 Å². The topological polar surface area (TPSA) is 62.1 Å². The molecule has 0 saturated carbocycles. The number of amides is 1. The molecule has 0 aliphatic carbocycles. The zero-order valence-corrected chi connectivity index (χ0v) is 17.1. The molecule has 0 radical (unpaired) electrons. The Morgan fingerprint density at radius 1 is 1.17 bits per heavy atom. The molecule has 4 aromatic rings. The first-order valence-electron chi connectivity index (χ1n) is 10.6. The van der Waals surface area contributed by atoms with Crippen LogP contribution in [0.15, 0.2) is 65.2 Å². The van der Waals surface area contributed by atoms with Crippen LogP contribution in [-0.4, -0.2) is 27.3 Å². The number of hydrogen-bond acceptors (Lipinski definition) is 3. The maximum absolute atomic E-state index is 13.4. The van der Waals surface area contributed by atoms with E-state index in [9.17, 15) is 4.79 Å². The highest BCUT2D eigenvalue weighted by atomic mass is 16.4. The van der Waals surface area contributed by atoms with Crippen LogP contribution in [0.25, 0.3) is 10.9 Å². The second-order valence-corrected chi connectivity index (χ2v) is 8.06. The molecule has 1 aliphatic rings. The van der Waals surface area contributed by atoms with Crippen molar-refractivity contribution in [2.24, 2.45) is 0 Å². The van der Waals surface area contributed by atoms with Gasteiger partial charge in [-0.05, 0) is 49.4 Å². The number of piperidine rings is 1. The van der Waals surface area contributed by atoms with Crippen molar-refractivity contribution in [3.05, 3.63) is 89.3 Å². The maximum atomic E-state index is 13.4. The van der Waals surface area contributed by atoms with Crippen LogP contribution in [0, 0.1) is 6.92 Å². The minimum absolute atomic E-state index is 0.0121. The minimum atomic E-state index is -0.122. The first-order chi connectivity index (χ1) is 14.7. The van der Waals surface area contributed by atoms with Crippen molar-refractivity contribution in [2.75, 3.05) is 6.54 Å². The zero-order valence-electron chi connectivity index (χ0n) is 17.1. The van der Waals surface area contributed by atoms with Gasteiger partial charge < -0.3 is 14.3 Å². The minimum Gasteiger partial charge on any atom is -0.443 e. The molecule has 2 aromatic heterocycles. The molecule has 1 saturated heterocycles. The number of aryl methyl sites for hydroxylation is 1. The van der Waals surface area contributed by atoms with Gasteiger partial charge in [-0.1, -0.05) is 42.5 Å². The molecule has 152 valence electrons. The van der Waals surface area contributed by atoms with Gasteiger partial charge in [0.15, 0.2) is 0 Å². The molecule has 3 heterocycles. The van der Waals surface area contributed by atoms with Crippen LogP contribution in [0.1, 0.15) is 58.6 Å². The van der Waals surface area contributed by atoms with E-state index < -0.39 is 0 Å². The number of oxazole rings is 1. The number of hydrogen-bond donors (Lipinski definition) is 1. The first-order valence-corrected chi connectivity index (χ1v) is 10.6. The lowest BCUT2D eigenvalue weighted by Gasteiger charge is -2.33. The van der Waals surface area contributed by atoms with E-state index in [2.05, 4.69) is 35.1 Å². The van der Waals surface area contributed by atoms with Gasteiger partial charge in [0.1, 0.15) is 17.5 Å². The quantitative estimate of drug-likeness (QED) is 0.498. The van der Waals surface area contributed by atoms with Crippen LogP contribution in [0.2, 0.25) is 0 Å². The molecule has 30 heavy (non-hydrogen) atoms. The number of carbonyl (C=O) groups is 1. The summed E-state index contributed by atoms with van der Waals surface area (Å²) in [6.45, 7) is 2.78. The van der Waals surface area contributed by atoms with Crippen LogP contribution in [0.4, 0.5) is 0 Å². The Bertz CT molecular complexity index is 1180. The second kappa shape index (κ2) is 7.82. The molecule has 1 aliphatic heterocycles. The standard InChI is InChI=1S/C25H25N3O2/c1-17-8-7-11-21-20(17)15-22(27-21)25(29)28-13-6-5-12-23(28)24-26-16-19(30-24)14-18-9-3-2-4-10-18/h2-4,7-11,15-16,23,27H,5-6,12-14H2,1H3. The molecule has 5 heteroatoms. The molecule has 5 nitrogen and oxygen atoms in total. The number of likely N-dealkylation sites (tertiary alicyclic amines) is 1. The fraction of sp³-hybridized carbons (Fsp3) is 0.280. The summed E-state index contributed by atoms with van der Waals surface area (Å²) >= 11 is 0. The van der Waals surface area contributed by atoms with Crippen LogP contribution < -0.4 is 0 Å². The average molecular weight is 399 g/mol. The van der Waals surface area contributed by atoms with Gasteiger partial charge in [0.2, 0.25) is 5.89 Å². The highest BCUT2D eigenvalue weighted by Crippen LogP contribution is 2.33. The first kappa shape index (κ1) is 18.7. The summed E-state index contributed by atoms with van der Waals surface area (Å²) in [5, 5.41) is 1.09. The molecular weight excluding hydrogens is 374 g/mol. The van der Waals surface area contributed by atoms with E-state index in [4.69, 9.17) is 4.42 Å². The summed E-state index contributed by atoms with van der Waals surface area (Å²) in [6, 6.07) is 18.1. The number of fused-ring (bicyclic) bond motifs is 1. The Balaban J connectivity index is 1.40. The Labute approximate surface area is 175 Å². The normalized spacial score (nSPS) is 16.8. The Kier molecular flexibility index (Phi) is 4.87. The van der Waals surface area contributed by atoms with Gasteiger partial charge in [0.05, 0.1) is 6.20 Å². The fourth-order valence-corrected chi connectivity index (χ4v) is 4.36. The Morgan fingerprint density at radius 2 is 2.03 bits per heavy atom. The number of nitrogens with one attached hydrogen (secondary N) is 1. The fourth-order valence-electron chi connectivity index (χ4n) is 4.36. The summed E-state index contributed by atoms with van der Waals surface area (Å²) in [5.41, 5.74) is 3.97. The second-order valence-electron chi connectivity index (χ2n) is 8.06. The molecule has 1 amide bonds. The SMILES string of the molecule is Cc1cccc2[nH]c(C(=O)N3CCCCC3c3ncc(Cc4ccccc4)o3)cc12. The number of rotatable bonds is 4. The average Bonchev–Trinajstić information content (AvgIpc) is 3.42. The molecular formula is C25H25N3O2. The third kappa shape index (κ3) is 3.52. The van der Waals surface area contributed by atoms with Crippen molar-refractivity contribution in [1.82, 2.24) is 14.9 Å². The van der Waals surface area contributed by atoms with Gasteiger partial charge in [0, 0.05) is 23.9 Å². The summed E-state index contributed by atoms with van der Waals surface area (Å²) < 4.78 is 6.11. The number of nitrogens with zero attached hydrogens (tertiary/aromatic N) is 2. The molecule has 0 spiro atoms. The highest BCUT2D eigenvalue weighted by molar-refractivity contribution is 5.99. The lowest BCUT2D eigenvalue weighted by atomic mass is 10.0. The summed E-state index contributed by atoms with van der Waals surface area (Å²) in [6.07, 6.45) is 5.44. The maximum Gasteiger partial charge on any atom is 0.270 e. The van der Waals surface area contributed by atoms with Crippen LogP contribution in [0.5, 0.6) is 0 Å². The van der Waals surface area contributed by atoms with E-state index in [1.807, 2.05) is 41.3 Å². The van der Waals surface area contributed by atoms with Crippen molar-refractivity contribution in [3.8, 4) is 0 Å². The predicted molar refractivity (Wildman–Crippen MR) is 116 cm³/mol. The largest absolute Gasteiger partial charge is 0.443 e. The van der Waals surface area contributed by atoms with Gasteiger partial charge >= 0.3 is 0 Å². The van der Waals surface area contributed by atoms with E-state index in [1.165, 1.54) is 5.56 Å². The van der Waals surface area contributed by atoms with Gasteiger partial charge in [-0.15, -0.1) is 0 Å². The predicted octanol–water partition coefficient (Wildman–Crippen LogP) is 5.42. The van der Waals surface area contributed by atoms with E-state index in [0.717, 1.165) is 41.5 Å². The number of benzene rings is 2. The van der Waals surface area contributed by atoms with Crippen molar-refractivity contribution in [3.63, 3.8) is 0 Å². The molecule has 1 N–H and O–H groups in total. The summed E-state index contributed by atoms with van der Waals surface area (Å²) in [7, 11) is 0. The zero-order chi connectivity index (χ0) is 20.5. The van der Waals surface area contributed by atoms with Gasteiger partial charge in [0.25, 0.3) is 5.91 Å². The van der Waals surface area contributed by atoms with Gasteiger partial charge in [-0.2, -0.15) is 0 Å². The van der Waals surface area contributed by atoms with Crippen molar-refractivity contribution < 1.29 is 9.21 Å². The number of carbonyl (C=O) groups excluding carboxylic acids is 1.